The molecule has 182 valence electrons. The molecule has 2 aromatic rings. The Balaban J connectivity index is 1.46. The highest BCUT2D eigenvalue weighted by atomic mass is 16.5. The lowest BCUT2D eigenvalue weighted by molar-refractivity contribution is -0.137. The molecule has 2 fully saturated rings. The molecule has 0 amide bonds. The van der Waals surface area contributed by atoms with Crippen molar-refractivity contribution in [3.63, 3.8) is 0 Å². The lowest BCUT2D eigenvalue weighted by atomic mass is 9.80. The molecule has 0 saturated heterocycles. The summed E-state index contributed by atoms with van der Waals surface area (Å²) < 4.78 is 9.04. The van der Waals surface area contributed by atoms with Gasteiger partial charge in [-0.25, -0.2) is 4.79 Å². The number of hydrogen-bond donors (Lipinski definition) is 2. The Labute approximate surface area is 197 Å². The second-order valence-corrected chi connectivity index (χ2v) is 9.54. The molecule has 2 aliphatic rings. The molecule has 34 heavy (non-hydrogen) atoms. The molecule has 1 heterocycles. The molecule has 1 unspecified atom stereocenters. The number of ketones is 2. The number of aryl methyl sites for hydroxylation is 1. The van der Waals surface area contributed by atoms with Crippen molar-refractivity contribution in [2.45, 2.75) is 63.8 Å². The first-order valence-electron chi connectivity index (χ1n) is 12.0. The van der Waals surface area contributed by atoms with E-state index in [2.05, 4.69) is 0 Å². The van der Waals surface area contributed by atoms with E-state index in [1.165, 1.54) is 9.13 Å². The molecule has 0 spiro atoms. The van der Waals surface area contributed by atoms with E-state index in [0.717, 1.165) is 38.5 Å². The average Bonchev–Trinajstić information content (AvgIpc) is 3.07. The van der Waals surface area contributed by atoms with Crippen LogP contribution in [0.1, 0.15) is 63.8 Å². The fraction of sp³-hybridized carbons (Fsp3) is 0.560. The number of fused-ring (bicyclic) bond motifs is 1. The van der Waals surface area contributed by atoms with Gasteiger partial charge in [0.25, 0.3) is 0 Å². The maximum absolute atomic E-state index is 13.1. The van der Waals surface area contributed by atoms with Crippen LogP contribution in [0.5, 0.6) is 5.75 Å². The van der Waals surface area contributed by atoms with Crippen LogP contribution in [0.2, 0.25) is 0 Å². The Morgan fingerprint density at radius 1 is 1.12 bits per heavy atom. The minimum atomic E-state index is -0.854. The minimum Gasteiger partial charge on any atom is -0.491 e. The van der Waals surface area contributed by atoms with Gasteiger partial charge in [0, 0.05) is 19.9 Å². The number of carbonyl (C=O) groups is 3. The van der Waals surface area contributed by atoms with Gasteiger partial charge in [-0.3, -0.25) is 28.9 Å². The monoisotopic (exact) mass is 469 g/mol. The Bertz CT molecular complexity index is 1190. The van der Waals surface area contributed by atoms with Gasteiger partial charge in [0.05, 0.1) is 12.1 Å². The molecular weight excluding hydrogens is 438 g/mol. The van der Waals surface area contributed by atoms with Gasteiger partial charge in [-0.1, -0.05) is 18.9 Å². The standard InChI is InChI=1S/C25H31N3O6/c1-27-23-17(28(25(27)33)18-12-13-19(29)22(26)24(18)32)5-3-6-20(23)34-14-16-10-8-15(9-11-16)4-2-7-21(30)31/h3,5-6,15-16,18,26H,2,4,7-14H2,1H3,(H,30,31). The molecular formula is C25H31N3O6. The van der Waals surface area contributed by atoms with Gasteiger partial charge in [0.2, 0.25) is 5.78 Å². The van der Waals surface area contributed by atoms with E-state index in [0.29, 0.717) is 35.2 Å². The SMILES string of the molecule is Cn1c(=O)n(C2CCC(=O)C(=N)C2=O)c2cccc(OCC3CCC(CCCC(=O)O)CC3)c21. The number of carboxylic acids is 1. The highest BCUT2D eigenvalue weighted by molar-refractivity contribution is 6.66. The molecule has 0 aliphatic heterocycles. The van der Waals surface area contributed by atoms with Crippen molar-refractivity contribution in [3.8, 4) is 5.75 Å². The van der Waals surface area contributed by atoms with Gasteiger partial charge >= 0.3 is 11.7 Å². The van der Waals surface area contributed by atoms with E-state index >= 15 is 0 Å². The number of nitrogens with zero attached hydrogens (tertiary/aromatic N) is 2. The summed E-state index contributed by atoms with van der Waals surface area (Å²) in [5.41, 5.74) is 0.262. The van der Waals surface area contributed by atoms with Crippen molar-refractivity contribution in [2.24, 2.45) is 18.9 Å². The number of carboxylic acid groups (broad SMARTS) is 1. The van der Waals surface area contributed by atoms with Crippen LogP contribution in [0.4, 0.5) is 0 Å². The summed E-state index contributed by atoms with van der Waals surface area (Å²) >= 11 is 0. The number of aromatic nitrogens is 2. The third-order valence-electron chi connectivity index (χ3n) is 7.29. The van der Waals surface area contributed by atoms with Gasteiger partial charge in [-0.05, 0) is 56.1 Å². The maximum atomic E-state index is 13.1. The summed E-state index contributed by atoms with van der Waals surface area (Å²) in [6.45, 7) is 0.530. The van der Waals surface area contributed by atoms with E-state index in [9.17, 15) is 19.2 Å². The highest BCUT2D eigenvalue weighted by Gasteiger charge is 2.36. The lowest BCUT2D eigenvalue weighted by Crippen LogP contribution is -2.40. The number of ether oxygens (including phenoxy) is 1. The number of benzene rings is 1. The zero-order valence-electron chi connectivity index (χ0n) is 19.4. The first-order chi connectivity index (χ1) is 16.3. The zero-order valence-corrected chi connectivity index (χ0v) is 19.4. The quantitative estimate of drug-likeness (QED) is 0.610. The number of hydrogen-bond acceptors (Lipinski definition) is 6. The molecule has 1 aromatic carbocycles. The summed E-state index contributed by atoms with van der Waals surface area (Å²) in [4.78, 5) is 48.1. The van der Waals surface area contributed by atoms with Crippen LogP contribution < -0.4 is 10.4 Å². The summed E-state index contributed by atoms with van der Waals surface area (Å²) in [5, 5.41) is 16.6. The molecule has 2 N–H and O–H groups in total. The molecule has 2 saturated carbocycles. The average molecular weight is 470 g/mol. The van der Waals surface area contributed by atoms with E-state index in [1.807, 2.05) is 6.07 Å². The normalized spacial score (nSPS) is 23.4. The first kappa shape index (κ1) is 23.9. The number of Topliss-reactive ketones (excluding diaryl/α,β-unsaturated/α-hetero) is 2. The van der Waals surface area contributed by atoms with Crippen LogP contribution >= 0.6 is 0 Å². The summed E-state index contributed by atoms with van der Waals surface area (Å²) in [6.07, 6.45) is 6.40. The van der Waals surface area contributed by atoms with Crippen LogP contribution in [-0.4, -0.2) is 44.1 Å². The Kier molecular flexibility index (Phi) is 7.00. The number of rotatable bonds is 8. The van der Waals surface area contributed by atoms with Crippen LogP contribution in [0.15, 0.2) is 23.0 Å². The van der Waals surface area contributed by atoms with Gasteiger partial charge in [-0.2, -0.15) is 0 Å². The van der Waals surface area contributed by atoms with Crippen molar-refractivity contribution < 1.29 is 24.2 Å². The van der Waals surface area contributed by atoms with Crippen molar-refractivity contribution in [1.29, 1.82) is 5.41 Å². The molecule has 9 heteroatoms. The second-order valence-electron chi connectivity index (χ2n) is 9.54. The van der Waals surface area contributed by atoms with E-state index < -0.39 is 29.3 Å². The fourth-order valence-electron chi connectivity index (χ4n) is 5.33. The van der Waals surface area contributed by atoms with Gasteiger partial charge in [0.15, 0.2) is 5.78 Å². The highest BCUT2D eigenvalue weighted by Crippen LogP contribution is 2.34. The van der Waals surface area contributed by atoms with Gasteiger partial charge in [-0.15, -0.1) is 0 Å². The summed E-state index contributed by atoms with van der Waals surface area (Å²) in [5.74, 6) is -0.274. The number of aliphatic carboxylic acids is 1. The molecule has 1 aromatic heterocycles. The van der Waals surface area contributed by atoms with E-state index in [-0.39, 0.29) is 25.0 Å². The van der Waals surface area contributed by atoms with Crippen LogP contribution in [-0.2, 0) is 21.4 Å². The smallest absolute Gasteiger partial charge is 0.329 e. The van der Waals surface area contributed by atoms with Gasteiger partial charge < -0.3 is 9.84 Å². The second kappa shape index (κ2) is 9.95. The summed E-state index contributed by atoms with van der Waals surface area (Å²) in [6, 6.07) is 4.52. The topological polar surface area (TPSA) is 131 Å². The van der Waals surface area contributed by atoms with Crippen molar-refractivity contribution in [1.82, 2.24) is 9.13 Å². The van der Waals surface area contributed by atoms with Crippen LogP contribution in [0, 0.1) is 17.2 Å². The molecule has 9 nitrogen and oxygen atoms in total. The Hall–Kier alpha value is -3.23. The Morgan fingerprint density at radius 3 is 2.53 bits per heavy atom. The Morgan fingerprint density at radius 2 is 1.82 bits per heavy atom. The molecule has 0 radical (unpaired) electrons. The predicted molar refractivity (Wildman–Crippen MR) is 126 cm³/mol. The lowest BCUT2D eigenvalue weighted by Gasteiger charge is -2.28. The predicted octanol–water partition coefficient (Wildman–Crippen LogP) is 3.27. The van der Waals surface area contributed by atoms with Crippen molar-refractivity contribution in [2.75, 3.05) is 6.61 Å². The third-order valence-corrected chi connectivity index (χ3v) is 7.29. The molecule has 0 bridgehead atoms. The maximum Gasteiger partial charge on any atom is 0.329 e. The van der Waals surface area contributed by atoms with Crippen LogP contribution in [0.25, 0.3) is 11.0 Å². The van der Waals surface area contributed by atoms with E-state index in [1.54, 1.807) is 19.2 Å². The van der Waals surface area contributed by atoms with Crippen LogP contribution in [0.3, 0.4) is 0 Å². The third kappa shape index (κ3) is 4.69. The summed E-state index contributed by atoms with van der Waals surface area (Å²) in [7, 11) is 1.64. The first-order valence-corrected chi connectivity index (χ1v) is 12.0. The van der Waals surface area contributed by atoms with E-state index in [4.69, 9.17) is 15.3 Å². The molecule has 1 atom stereocenters. The largest absolute Gasteiger partial charge is 0.491 e. The fourth-order valence-corrected chi connectivity index (χ4v) is 5.33. The molecule has 2 aliphatic carbocycles. The zero-order chi connectivity index (χ0) is 24.4. The minimum absolute atomic E-state index is 0.0766. The molecule has 4 rings (SSSR count). The van der Waals surface area contributed by atoms with Crippen molar-refractivity contribution in [3.05, 3.63) is 28.7 Å². The number of imidazole rings is 1. The number of carbonyl (C=O) groups excluding carboxylic acids is 2. The van der Waals surface area contributed by atoms with Gasteiger partial charge in [0.1, 0.15) is 23.0 Å². The van der Waals surface area contributed by atoms with Crippen molar-refractivity contribution >= 4 is 34.3 Å². The number of para-hydroxylation sites is 1. The number of nitrogens with one attached hydrogen (secondary N) is 1.